The van der Waals surface area contributed by atoms with Gasteiger partial charge in [-0.15, -0.1) is 0 Å². The van der Waals surface area contributed by atoms with Crippen molar-refractivity contribution < 1.29 is 4.79 Å². The zero-order chi connectivity index (χ0) is 18.9. The van der Waals surface area contributed by atoms with Gasteiger partial charge in [0.2, 0.25) is 5.91 Å². The van der Waals surface area contributed by atoms with Crippen molar-refractivity contribution in [2.75, 3.05) is 13.1 Å². The van der Waals surface area contributed by atoms with Crippen LogP contribution in [0.3, 0.4) is 0 Å². The Morgan fingerprint density at radius 1 is 1.07 bits per heavy atom. The minimum absolute atomic E-state index is 0.357. The second-order valence-electron chi connectivity index (χ2n) is 10.6. The second kappa shape index (κ2) is 6.11. The average Bonchev–Trinajstić information content (AvgIpc) is 2.83. The fourth-order valence-corrected chi connectivity index (χ4v) is 7.71. The molecule has 0 saturated heterocycles. The standard InChI is InChI=1S/C25H32N2O/c1-16-2-3-22-21(8-16)20-4-6-27(7-5-23(20)26-22)24(28)15-25-12-17-9-18(13-25)11-19(10-17)14-25/h2-3,8,17-19,26H,4-7,9-15H2,1H3. The summed E-state index contributed by atoms with van der Waals surface area (Å²) in [7, 11) is 0. The number of aryl methyl sites for hydroxylation is 1. The van der Waals surface area contributed by atoms with Gasteiger partial charge in [-0.2, -0.15) is 0 Å². The summed E-state index contributed by atoms with van der Waals surface area (Å²) >= 11 is 0. The van der Waals surface area contributed by atoms with Crippen LogP contribution in [0.25, 0.3) is 10.9 Å². The minimum atomic E-state index is 0.357. The van der Waals surface area contributed by atoms with Crippen molar-refractivity contribution in [3.8, 4) is 0 Å². The summed E-state index contributed by atoms with van der Waals surface area (Å²) < 4.78 is 0. The minimum Gasteiger partial charge on any atom is -0.358 e. The van der Waals surface area contributed by atoms with Crippen LogP contribution in [-0.4, -0.2) is 28.9 Å². The quantitative estimate of drug-likeness (QED) is 0.786. The zero-order valence-electron chi connectivity index (χ0n) is 17.1. The number of aromatic nitrogens is 1. The Morgan fingerprint density at radius 3 is 2.46 bits per heavy atom. The lowest BCUT2D eigenvalue weighted by Crippen LogP contribution is -2.48. The van der Waals surface area contributed by atoms with Crippen LogP contribution >= 0.6 is 0 Å². The Hall–Kier alpha value is -1.77. The highest BCUT2D eigenvalue weighted by molar-refractivity contribution is 5.86. The molecule has 0 unspecified atom stereocenters. The van der Waals surface area contributed by atoms with Crippen molar-refractivity contribution in [2.24, 2.45) is 23.2 Å². The van der Waals surface area contributed by atoms with Crippen LogP contribution in [0.1, 0.15) is 61.8 Å². The first-order chi connectivity index (χ1) is 13.6. The molecule has 1 aromatic heterocycles. The molecule has 4 saturated carbocycles. The molecule has 0 atom stereocenters. The molecule has 148 valence electrons. The molecule has 0 spiro atoms. The number of nitrogens with zero attached hydrogens (tertiary/aromatic N) is 1. The average molecular weight is 377 g/mol. The SMILES string of the molecule is Cc1ccc2[nH]c3c(c2c1)CCN(C(=O)CC12CC4CC(CC(C4)C1)C2)CC3. The molecule has 4 aliphatic carbocycles. The smallest absolute Gasteiger partial charge is 0.223 e. The molecule has 3 heteroatoms. The molecule has 1 aromatic carbocycles. The van der Waals surface area contributed by atoms with Crippen LogP contribution in [0.15, 0.2) is 18.2 Å². The number of aromatic amines is 1. The molecule has 2 heterocycles. The predicted octanol–water partition coefficient (Wildman–Crippen LogP) is 5.01. The van der Waals surface area contributed by atoms with Crippen molar-refractivity contribution in [2.45, 2.75) is 64.7 Å². The fourth-order valence-electron chi connectivity index (χ4n) is 7.71. The number of H-pyrrole nitrogens is 1. The second-order valence-corrected chi connectivity index (χ2v) is 10.6. The Bertz CT molecular complexity index is 904. The van der Waals surface area contributed by atoms with Gasteiger partial charge in [0.05, 0.1) is 0 Å². The van der Waals surface area contributed by atoms with E-state index in [4.69, 9.17) is 0 Å². The van der Waals surface area contributed by atoms with E-state index in [1.165, 1.54) is 66.2 Å². The molecule has 1 N–H and O–H groups in total. The van der Waals surface area contributed by atoms with Crippen molar-refractivity contribution >= 4 is 16.8 Å². The van der Waals surface area contributed by atoms with Crippen molar-refractivity contribution in [3.05, 3.63) is 35.0 Å². The lowest BCUT2D eigenvalue weighted by Gasteiger charge is -2.57. The van der Waals surface area contributed by atoms with E-state index in [0.717, 1.165) is 50.1 Å². The lowest BCUT2D eigenvalue weighted by molar-refractivity contribution is -0.139. The maximum atomic E-state index is 13.3. The van der Waals surface area contributed by atoms with Gasteiger partial charge in [0.1, 0.15) is 0 Å². The molecular formula is C25H32N2O. The number of hydrogen-bond donors (Lipinski definition) is 1. The van der Waals surface area contributed by atoms with Crippen LogP contribution in [0.4, 0.5) is 0 Å². The van der Waals surface area contributed by atoms with Crippen LogP contribution in [-0.2, 0) is 17.6 Å². The molecule has 0 radical (unpaired) electrons. The Morgan fingerprint density at radius 2 is 1.75 bits per heavy atom. The monoisotopic (exact) mass is 376 g/mol. The van der Waals surface area contributed by atoms with Gasteiger partial charge >= 0.3 is 0 Å². The molecule has 3 nitrogen and oxygen atoms in total. The molecule has 1 aliphatic heterocycles. The van der Waals surface area contributed by atoms with Gasteiger partial charge in [-0.3, -0.25) is 4.79 Å². The van der Waals surface area contributed by atoms with E-state index in [1.807, 2.05) is 0 Å². The molecule has 5 aliphatic rings. The summed E-state index contributed by atoms with van der Waals surface area (Å²) in [4.78, 5) is 19.2. The van der Waals surface area contributed by atoms with E-state index in [-0.39, 0.29) is 0 Å². The highest BCUT2D eigenvalue weighted by Crippen LogP contribution is 2.61. The molecule has 1 amide bonds. The number of carbonyl (C=O) groups excluding carboxylic acids is 1. The fraction of sp³-hybridized carbons (Fsp3) is 0.640. The van der Waals surface area contributed by atoms with Gasteiger partial charge in [-0.25, -0.2) is 0 Å². The predicted molar refractivity (Wildman–Crippen MR) is 112 cm³/mol. The van der Waals surface area contributed by atoms with Gasteiger partial charge in [-0.1, -0.05) is 11.6 Å². The normalized spacial score (nSPS) is 33.9. The largest absolute Gasteiger partial charge is 0.358 e. The van der Waals surface area contributed by atoms with Crippen molar-refractivity contribution in [3.63, 3.8) is 0 Å². The summed E-state index contributed by atoms with van der Waals surface area (Å²) in [6.45, 7) is 3.93. The van der Waals surface area contributed by atoms with E-state index in [1.54, 1.807) is 0 Å². The van der Waals surface area contributed by atoms with Crippen LogP contribution in [0.2, 0.25) is 0 Å². The molecule has 2 aromatic rings. The maximum absolute atomic E-state index is 13.3. The molecule has 28 heavy (non-hydrogen) atoms. The Labute approximate surface area is 167 Å². The maximum Gasteiger partial charge on any atom is 0.223 e. The molecular weight excluding hydrogens is 344 g/mol. The van der Waals surface area contributed by atoms with Gasteiger partial charge in [-0.05, 0) is 92.7 Å². The van der Waals surface area contributed by atoms with E-state index in [0.29, 0.717) is 11.3 Å². The van der Waals surface area contributed by atoms with Gasteiger partial charge in [0, 0.05) is 42.5 Å². The number of carbonyl (C=O) groups is 1. The van der Waals surface area contributed by atoms with Crippen molar-refractivity contribution in [1.29, 1.82) is 0 Å². The summed E-state index contributed by atoms with van der Waals surface area (Å²) in [5, 5.41) is 1.37. The van der Waals surface area contributed by atoms with Crippen LogP contribution in [0, 0.1) is 30.1 Å². The number of amides is 1. The Balaban J connectivity index is 1.19. The topological polar surface area (TPSA) is 36.1 Å². The Kier molecular flexibility index (Phi) is 3.74. The van der Waals surface area contributed by atoms with Crippen molar-refractivity contribution in [1.82, 2.24) is 9.88 Å². The third kappa shape index (κ3) is 2.73. The molecule has 7 rings (SSSR count). The van der Waals surface area contributed by atoms with Crippen LogP contribution < -0.4 is 0 Å². The third-order valence-electron chi connectivity index (χ3n) is 8.46. The molecule has 4 bridgehead atoms. The number of benzene rings is 1. The number of fused-ring (bicyclic) bond motifs is 3. The summed E-state index contributed by atoms with van der Waals surface area (Å²) in [6.07, 6.45) is 11.2. The zero-order valence-corrected chi connectivity index (χ0v) is 17.1. The van der Waals surface area contributed by atoms with Gasteiger partial charge < -0.3 is 9.88 Å². The van der Waals surface area contributed by atoms with Gasteiger partial charge in [0.15, 0.2) is 0 Å². The summed E-state index contributed by atoms with van der Waals surface area (Å²) in [6, 6.07) is 6.69. The third-order valence-corrected chi connectivity index (χ3v) is 8.46. The van der Waals surface area contributed by atoms with E-state index < -0.39 is 0 Å². The highest BCUT2D eigenvalue weighted by Gasteiger charge is 2.51. The van der Waals surface area contributed by atoms with Gasteiger partial charge in [0.25, 0.3) is 0 Å². The van der Waals surface area contributed by atoms with E-state index in [2.05, 4.69) is 35.0 Å². The highest BCUT2D eigenvalue weighted by atomic mass is 16.2. The van der Waals surface area contributed by atoms with E-state index in [9.17, 15) is 4.79 Å². The van der Waals surface area contributed by atoms with Crippen LogP contribution in [0.5, 0.6) is 0 Å². The number of hydrogen-bond acceptors (Lipinski definition) is 1. The summed E-state index contributed by atoms with van der Waals surface area (Å²) in [5.41, 5.74) is 5.72. The first-order valence-corrected chi connectivity index (χ1v) is 11.4. The first-order valence-electron chi connectivity index (χ1n) is 11.4. The lowest BCUT2D eigenvalue weighted by atomic mass is 9.49. The number of nitrogens with one attached hydrogen (secondary N) is 1. The molecule has 4 fully saturated rings. The first kappa shape index (κ1) is 17.1. The summed E-state index contributed by atoms with van der Waals surface area (Å²) in [5.74, 6) is 3.22. The van der Waals surface area contributed by atoms with E-state index >= 15 is 0 Å². The number of rotatable bonds is 2.